The molecule has 0 fully saturated rings. The van der Waals surface area contributed by atoms with E-state index < -0.39 is 5.97 Å². The first-order valence-corrected chi connectivity index (χ1v) is 12.0. The molecule has 1 aromatic heterocycles. The maximum absolute atomic E-state index is 10.7. The Morgan fingerprint density at radius 2 is 1.78 bits per heavy atom. The number of nitrogens with one attached hydrogen (secondary N) is 2. The number of aliphatic carboxylic acids is 1. The second kappa shape index (κ2) is 18.1. The zero-order valence-corrected chi connectivity index (χ0v) is 23.0. The van der Waals surface area contributed by atoms with E-state index in [1.165, 1.54) is 0 Å². The van der Waals surface area contributed by atoms with E-state index in [2.05, 4.69) is 40.5 Å². The highest BCUT2D eigenvalue weighted by Crippen LogP contribution is 2.17. The van der Waals surface area contributed by atoms with Crippen LogP contribution >= 0.6 is 0 Å². The third-order valence-electron chi connectivity index (χ3n) is 4.90. The summed E-state index contributed by atoms with van der Waals surface area (Å²) >= 11 is 0. The molecule has 0 radical (unpaired) electrons. The summed E-state index contributed by atoms with van der Waals surface area (Å²) in [7, 11) is 3.50. The molecule has 0 aliphatic rings. The SMILES string of the molecule is C=C(C)C(=C)C(=O)NC.C=N/C(=C\N(C)c1ccc(CCC(=O)O)cc1)CNc1cc(C)ccn1.CC. The lowest BCUT2D eigenvalue weighted by molar-refractivity contribution is -0.137. The third kappa shape index (κ3) is 13.5. The fourth-order valence-electron chi connectivity index (χ4n) is 2.75. The van der Waals surface area contributed by atoms with Crippen molar-refractivity contribution in [2.24, 2.45) is 4.99 Å². The van der Waals surface area contributed by atoms with E-state index in [1.807, 2.05) is 75.3 Å². The van der Waals surface area contributed by atoms with Crippen LogP contribution in [0, 0.1) is 6.92 Å². The summed E-state index contributed by atoms with van der Waals surface area (Å²) < 4.78 is 0. The van der Waals surface area contributed by atoms with Crippen molar-refractivity contribution in [3.05, 3.63) is 89.9 Å². The Morgan fingerprint density at radius 1 is 1.16 bits per heavy atom. The Hall–Kier alpha value is -4.20. The number of carbonyl (C=O) groups excluding carboxylic acids is 1. The highest BCUT2D eigenvalue weighted by molar-refractivity contribution is 5.96. The molecule has 1 heterocycles. The van der Waals surface area contributed by atoms with Gasteiger partial charge in [-0.05, 0) is 68.0 Å². The van der Waals surface area contributed by atoms with E-state index >= 15 is 0 Å². The van der Waals surface area contributed by atoms with Crippen LogP contribution in [0.3, 0.4) is 0 Å². The molecule has 2 rings (SSSR count). The summed E-state index contributed by atoms with van der Waals surface area (Å²) in [4.78, 5) is 31.6. The van der Waals surface area contributed by atoms with E-state index in [0.29, 0.717) is 24.1 Å². The highest BCUT2D eigenvalue weighted by Gasteiger charge is 2.04. The molecule has 8 nitrogen and oxygen atoms in total. The van der Waals surface area contributed by atoms with E-state index in [4.69, 9.17) is 5.11 Å². The molecule has 3 N–H and O–H groups in total. The van der Waals surface area contributed by atoms with Gasteiger partial charge in [-0.3, -0.25) is 14.6 Å². The van der Waals surface area contributed by atoms with Crippen molar-refractivity contribution in [3.63, 3.8) is 0 Å². The van der Waals surface area contributed by atoms with Crippen LogP contribution in [0.5, 0.6) is 0 Å². The predicted octanol–water partition coefficient (Wildman–Crippen LogP) is 5.39. The third-order valence-corrected chi connectivity index (χ3v) is 4.90. The molecule has 0 saturated heterocycles. The number of aromatic nitrogens is 1. The number of hydrogen-bond acceptors (Lipinski definition) is 6. The fraction of sp³-hybridized carbons (Fsp3) is 0.310. The van der Waals surface area contributed by atoms with Crippen LogP contribution in [0.1, 0.15) is 38.3 Å². The Morgan fingerprint density at radius 3 is 2.24 bits per heavy atom. The number of likely N-dealkylation sites (N-methyl/N-ethyl adjacent to an activating group) is 1. The molecular formula is C29H41N5O3. The normalized spacial score (nSPS) is 9.95. The van der Waals surface area contributed by atoms with Crippen LogP contribution in [0.4, 0.5) is 11.5 Å². The van der Waals surface area contributed by atoms with Crippen LogP contribution in [0.25, 0.3) is 0 Å². The Balaban J connectivity index is 0.000000997. The van der Waals surface area contributed by atoms with Gasteiger partial charge in [-0.1, -0.05) is 39.1 Å². The number of pyridine rings is 1. The molecule has 200 valence electrons. The van der Waals surface area contributed by atoms with Crippen LogP contribution in [0.2, 0.25) is 0 Å². The summed E-state index contributed by atoms with van der Waals surface area (Å²) in [5, 5.41) is 14.4. The van der Waals surface area contributed by atoms with Gasteiger partial charge in [-0.15, -0.1) is 0 Å². The standard InChI is InChI=1S/C20H24N4O2.C7H11NO.C2H6/c1-15-10-11-22-19(12-15)23-13-17(21-2)14-24(3)18-7-4-16(5-8-18)6-9-20(25)26;1-5(2)6(3)7(9)8-4;1-2/h4-5,7-8,10-12,14H,2,6,9,13H2,1,3H3,(H,22,23)(H,25,26);1,3H2,2,4H3,(H,8,9);1-2H3/b17-14-;;. The number of nitrogens with zero attached hydrogens (tertiary/aromatic N) is 3. The average molecular weight is 508 g/mol. The molecule has 0 bridgehead atoms. The number of aryl methyl sites for hydroxylation is 2. The molecule has 1 amide bonds. The molecule has 0 unspecified atom stereocenters. The molecule has 0 atom stereocenters. The molecule has 2 aromatic rings. The summed E-state index contributed by atoms with van der Waals surface area (Å²) in [6.07, 6.45) is 4.34. The number of carboxylic acids is 1. The predicted molar refractivity (Wildman–Crippen MR) is 155 cm³/mol. The fourth-order valence-corrected chi connectivity index (χ4v) is 2.75. The van der Waals surface area contributed by atoms with Crippen molar-refractivity contribution in [2.75, 3.05) is 30.9 Å². The number of rotatable bonds is 11. The van der Waals surface area contributed by atoms with Crippen LogP contribution in [-0.2, 0) is 16.0 Å². The maximum Gasteiger partial charge on any atom is 0.303 e. The second-order valence-corrected chi connectivity index (χ2v) is 7.86. The van der Waals surface area contributed by atoms with Crippen molar-refractivity contribution in [3.8, 4) is 0 Å². The minimum absolute atomic E-state index is 0.137. The largest absolute Gasteiger partial charge is 0.481 e. The van der Waals surface area contributed by atoms with Crippen molar-refractivity contribution in [1.29, 1.82) is 0 Å². The zero-order chi connectivity index (χ0) is 28.4. The smallest absolute Gasteiger partial charge is 0.303 e. The molecule has 0 aliphatic heterocycles. The molecular weight excluding hydrogens is 466 g/mol. The van der Waals surface area contributed by atoms with Gasteiger partial charge >= 0.3 is 5.97 Å². The Bertz CT molecular complexity index is 1080. The quantitative estimate of drug-likeness (QED) is 0.214. The summed E-state index contributed by atoms with van der Waals surface area (Å²) in [6, 6.07) is 11.7. The molecule has 8 heteroatoms. The second-order valence-electron chi connectivity index (χ2n) is 7.86. The number of carboxylic acid groups (broad SMARTS) is 1. The number of aliphatic imine (C=N–C) groups is 1. The number of benzene rings is 1. The summed E-state index contributed by atoms with van der Waals surface area (Å²) in [6.45, 7) is 19.0. The number of amides is 1. The van der Waals surface area contributed by atoms with Crippen molar-refractivity contribution < 1.29 is 14.7 Å². The summed E-state index contributed by atoms with van der Waals surface area (Å²) in [5.41, 5.74) is 5.05. The zero-order valence-electron chi connectivity index (χ0n) is 23.0. The average Bonchev–Trinajstić information content (AvgIpc) is 2.90. The van der Waals surface area contributed by atoms with E-state index in [-0.39, 0.29) is 12.3 Å². The monoisotopic (exact) mass is 507 g/mol. The van der Waals surface area contributed by atoms with Gasteiger partial charge in [-0.2, -0.15) is 0 Å². The molecule has 0 spiro atoms. The van der Waals surface area contributed by atoms with Gasteiger partial charge in [0.1, 0.15) is 5.82 Å². The lowest BCUT2D eigenvalue weighted by atomic mass is 10.1. The van der Waals surface area contributed by atoms with Gasteiger partial charge in [0.15, 0.2) is 0 Å². The van der Waals surface area contributed by atoms with Crippen molar-refractivity contribution >= 4 is 30.1 Å². The topological polar surface area (TPSA) is 107 Å². The lowest BCUT2D eigenvalue weighted by Crippen LogP contribution is -2.19. The van der Waals surface area contributed by atoms with Crippen LogP contribution in [0.15, 0.2) is 83.8 Å². The summed E-state index contributed by atoms with van der Waals surface area (Å²) in [5.74, 6) is -0.154. The van der Waals surface area contributed by atoms with Crippen molar-refractivity contribution in [2.45, 2.75) is 40.5 Å². The highest BCUT2D eigenvalue weighted by atomic mass is 16.4. The first-order chi connectivity index (χ1) is 17.6. The van der Waals surface area contributed by atoms with Gasteiger partial charge in [-0.25, -0.2) is 4.98 Å². The minimum Gasteiger partial charge on any atom is -0.481 e. The molecule has 1 aromatic carbocycles. The van der Waals surface area contributed by atoms with Crippen LogP contribution < -0.4 is 15.5 Å². The Labute approximate surface area is 221 Å². The van der Waals surface area contributed by atoms with Gasteiger partial charge < -0.3 is 20.6 Å². The van der Waals surface area contributed by atoms with Gasteiger partial charge in [0.2, 0.25) is 0 Å². The van der Waals surface area contributed by atoms with Crippen molar-refractivity contribution in [1.82, 2.24) is 10.3 Å². The molecule has 0 aliphatic carbocycles. The van der Waals surface area contributed by atoms with Gasteiger partial charge in [0, 0.05) is 44.2 Å². The molecule has 37 heavy (non-hydrogen) atoms. The number of carbonyl (C=O) groups is 2. The van der Waals surface area contributed by atoms with E-state index in [9.17, 15) is 9.59 Å². The van der Waals surface area contributed by atoms with Gasteiger partial charge in [0.05, 0.1) is 12.2 Å². The number of anilines is 2. The number of hydrogen-bond donors (Lipinski definition) is 3. The Kier molecular flexibility index (Phi) is 16.1. The minimum atomic E-state index is -0.786. The van der Waals surface area contributed by atoms with Gasteiger partial charge in [0.25, 0.3) is 5.91 Å². The van der Waals surface area contributed by atoms with E-state index in [0.717, 1.165) is 28.3 Å². The maximum atomic E-state index is 10.7. The van der Waals surface area contributed by atoms with Crippen LogP contribution in [-0.4, -0.2) is 49.3 Å². The first-order valence-electron chi connectivity index (χ1n) is 12.0. The lowest BCUT2D eigenvalue weighted by Gasteiger charge is -2.16. The van der Waals surface area contributed by atoms with E-state index in [1.54, 1.807) is 20.2 Å². The first kappa shape index (κ1) is 32.8. The molecule has 0 saturated carbocycles.